The van der Waals surface area contributed by atoms with Crippen LogP contribution < -0.4 is 0 Å². The second-order valence-corrected chi connectivity index (χ2v) is 2.80. The van der Waals surface area contributed by atoms with Crippen LogP contribution in [0.1, 0.15) is 5.56 Å². The molecule has 0 nitrogen and oxygen atoms in total. The van der Waals surface area contributed by atoms with Gasteiger partial charge in [-0.1, -0.05) is 30.3 Å². The molecule has 0 bridgehead atoms. The number of halogens is 1. The number of hydrogen-bond acceptors (Lipinski definition) is 0. The van der Waals surface area contributed by atoms with E-state index in [0.29, 0.717) is 5.39 Å². The van der Waals surface area contributed by atoms with Gasteiger partial charge < -0.3 is 0 Å². The first-order valence-corrected chi connectivity index (χ1v) is 3.77. The molecule has 2 aromatic rings. The topological polar surface area (TPSA) is 0 Å². The fourth-order valence-corrected chi connectivity index (χ4v) is 1.29. The molecule has 0 heterocycles. The largest absolute Gasteiger partial charge is 0.206 e. The van der Waals surface area contributed by atoms with Crippen LogP contribution in [0, 0.1) is 12.7 Å². The molecule has 0 saturated heterocycles. The van der Waals surface area contributed by atoms with Crippen LogP contribution in [0.2, 0.25) is 0 Å². The van der Waals surface area contributed by atoms with Crippen molar-refractivity contribution in [1.82, 2.24) is 0 Å². The Bertz CT molecular complexity index is 418. The molecule has 0 aliphatic carbocycles. The summed E-state index contributed by atoms with van der Waals surface area (Å²) in [6.45, 7) is 3.78. The monoisotopic (exact) mass is 159 g/mol. The van der Waals surface area contributed by atoms with E-state index in [4.69, 9.17) is 0 Å². The first-order chi connectivity index (χ1) is 5.77. The summed E-state index contributed by atoms with van der Waals surface area (Å²) in [6.07, 6.45) is 0. The summed E-state index contributed by atoms with van der Waals surface area (Å²) >= 11 is 0. The van der Waals surface area contributed by atoms with Gasteiger partial charge in [0.05, 0.1) is 0 Å². The molecule has 0 saturated carbocycles. The highest BCUT2D eigenvalue weighted by atomic mass is 19.1. The predicted octanol–water partition coefficient (Wildman–Crippen LogP) is 3.16. The van der Waals surface area contributed by atoms with E-state index in [1.807, 2.05) is 18.2 Å². The Labute approximate surface area is 70.6 Å². The maximum atomic E-state index is 13.1. The standard InChI is InChI=1S/C11H8F/c1-8-5-6-10-9(7-8)3-2-4-11(10)12/h2-7H,1H2. The van der Waals surface area contributed by atoms with Gasteiger partial charge in [0, 0.05) is 5.39 Å². The molecular formula is C11H8F. The van der Waals surface area contributed by atoms with Crippen molar-refractivity contribution < 1.29 is 4.39 Å². The Balaban J connectivity index is 2.86. The van der Waals surface area contributed by atoms with Crippen LogP contribution >= 0.6 is 0 Å². The fraction of sp³-hybridized carbons (Fsp3) is 0. The molecule has 59 valence electrons. The molecule has 0 N–H and O–H groups in total. The molecule has 1 heteroatoms. The molecule has 0 atom stereocenters. The van der Waals surface area contributed by atoms with Gasteiger partial charge in [0.2, 0.25) is 0 Å². The highest BCUT2D eigenvalue weighted by Crippen LogP contribution is 2.18. The summed E-state index contributed by atoms with van der Waals surface area (Å²) in [7, 11) is 0. The second-order valence-electron chi connectivity index (χ2n) is 2.80. The Morgan fingerprint density at radius 2 is 1.92 bits per heavy atom. The van der Waals surface area contributed by atoms with Crippen molar-refractivity contribution in [2.24, 2.45) is 0 Å². The third-order valence-electron chi connectivity index (χ3n) is 1.89. The molecule has 2 rings (SSSR count). The first-order valence-electron chi connectivity index (χ1n) is 3.77. The molecule has 0 aliphatic heterocycles. The molecule has 0 amide bonds. The van der Waals surface area contributed by atoms with E-state index in [1.165, 1.54) is 6.07 Å². The summed E-state index contributed by atoms with van der Waals surface area (Å²) in [6, 6.07) is 10.5. The SMILES string of the molecule is [CH2]c1ccc2c(F)cccc2c1. The van der Waals surface area contributed by atoms with Crippen molar-refractivity contribution in [3.8, 4) is 0 Å². The Morgan fingerprint density at radius 3 is 2.75 bits per heavy atom. The van der Waals surface area contributed by atoms with Gasteiger partial charge in [-0.3, -0.25) is 0 Å². The Morgan fingerprint density at radius 1 is 1.08 bits per heavy atom. The van der Waals surface area contributed by atoms with E-state index in [-0.39, 0.29) is 5.82 Å². The highest BCUT2D eigenvalue weighted by Gasteiger charge is 1.97. The molecule has 1 radical (unpaired) electrons. The predicted molar refractivity (Wildman–Crippen MR) is 48.4 cm³/mol. The number of fused-ring (bicyclic) bond motifs is 1. The van der Waals surface area contributed by atoms with Gasteiger partial charge in [-0.25, -0.2) is 4.39 Å². The lowest BCUT2D eigenvalue weighted by Gasteiger charge is -1.99. The zero-order valence-corrected chi connectivity index (χ0v) is 6.55. The van der Waals surface area contributed by atoms with Crippen LogP contribution in [0.15, 0.2) is 36.4 Å². The van der Waals surface area contributed by atoms with Crippen LogP contribution in [0.25, 0.3) is 10.8 Å². The summed E-state index contributed by atoms with van der Waals surface area (Å²) in [5.41, 5.74) is 0.910. The average molecular weight is 159 g/mol. The normalized spacial score (nSPS) is 10.5. The summed E-state index contributed by atoms with van der Waals surface area (Å²) in [5, 5.41) is 1.56. The number of rotatable bonds is 0. The molecular weight excluding hydrogens is 151 g/mol. The van der Waals surface area contributed by atoms with Crippen LogP contribution in [0.5, 0.6) is 0 Å². The summed E-state index contributed by atoms with van der Waals surface area (Å²) in [4.78, 5) is 0. The second kappa shape index (κ2) is 2.59. The van der Waals surface area contributed by atoms with Crippen LogP contribution in [0.3, 0.4) is 0 Å². The van der Waals surface area contributed by atoms with Crippen LogP contribution in [-0.4, -0.2) is 0 Å². The molecule has 0 unspecified atom stereocenters. The van der Waals surface area contributed by atoms with Crippen LogP contribution in [0.4, 0.5) is 4.39 Å². The van der Waals surface area contributed by atoms with E-state index in [1.54, 1.807) is 12.1 Å². The molecule has 0 fully saturated rings. The lowest BCUT2D eigenvalue weighted by atomic mass is 10.1. The van der Waals surface area contributed by atoms with Crippen molar-refractivity contribution >= 4 is 10.8 Å². The van der Waals surface area contributed by atoms with Gasteiger partial charge in [-0.05, 0) is 23.9 Å². The van der Waals surface area contributed by atoms with Gasteiger partial charge in [-0.15, -0.1) is 0 Å². The molecule has 12 heavy (non-hydrogen) atoms. The Kier molecular flexibility index (Phi) is 1.58. The maximum absolute atomic E-state index is 13.1. The average Bonchev–Trinajstić information content (AvgIpc) is 2.04. The third kappa shape index (κ3) is 1.07. The highest BCUT2D eigenvalue weighted by molar-refractivity contribution is 5.83. The lowest BCUT2D eigenvalue weighted by Crippen LogP contribution is -1.79. The smallest absolute Gasteiger partial charge is 0.131 e. The van der Waals surface area contributed by atoms with E-state index in [0.717, 1.165) is 10.9 Å². The van der Waals surface area contributed by atoms with Gasteiger partial charge in [0.15, 0.2) is 0 Å². The molecule has 0 aromatic heterocycles. The number of benzene rings is 2. The fourth-order valence-electron chi connectivity index (χ4n) is 1.29. The first kappa shape index (κ1) is 7.29. The van der Waals surface area contributed by atoms with Crippen molar-refractivity contribution in [1.29, 1.82) is 0 Å². The quantitative estimate of drug-likeness (QED) is 0.554. The summed E-state index contributed by atoms with van der Waals surface area (Å²) < 4.78 is 13.1. The third-order valence-corrected chi connectivity index (χ3v) is 1.89. The van der Waals surface area contributed by atoms with Crippen molar-refractivity contribution in [2.45, 2.75) is 0 Å². The van der Waals surface area contributed by atoms with E-state index < -0.39 is 0 Å². The molecule has 0 spiro atoms. The maximum Gasteiger partial charge on any atom is 0.131 e. The van der Waals surface area contributed by atoms with Gasteiger partial charge in [0.25, 0.3) is 0 Å². The van der Waals surface area contributed by atoms with E-state index in [9.17, 15) is 4.39 Å². The molecule has 0 aliphatic rings. The minimum Gasteiger partial charge on any atom is -0.206 e. The minimum absolute atomic E-state index is 0.174. The minimum atomic E-state index is -0.174. The summed E-state index contributed by atoms with van der Waals surface area (Å²) in [5.74, 6) is -0.174. The Hall–Kier alpha value is -1.37. The van der Waals surface area contributed by atoms with Crippen LogP contribution in [-0.2, 0) is 0 Å². The van der Waals surface area contributed by atoms with Crippen molar-refractivity contribution in [3.63, 3.8) is 0 Å². The van der Waals surface area contributed by atoms with Gasteiger partial charge in [-0.2, -0.15) is 0 Å². The zero-order chi connectivity index (χ0) is 8.55. The van der Waals surface area contributed by atoms with E-state index >= 15 is 0 Å². The zero-order valence-electron chi connectivity index (χ0n) is 6.55. The van der Waals surface area contributed by atoms with Gasteiger partial charge >= 0.3 is 0 Å². The van der Waals surface area contributed by atoms with E-state index in [2.05, 4.69) is 6.92 Å². The van der Waals surface area contributed by atoms with Gasteiger partial charge in [0.1, 0.15) is 5.82 Å². The number of hydrogen-bond donors (Lipinski definition) is 0. The van der Waals surface area contributed by atoms with Crippen molar-refractivity contribution in [3.05, 3.63) is 54.7 Å². The molecule has 2 aromatic carbocycles. The van der Waals surface area contributed by atoms with Crippen molar-refractivity contribution in [2.75, 3.05) is 0 Å². The lowest BCUT2D eigenvalue weighted by molar-refractivity contribution is 0.640.